The maximum atomic E-state index is 4.83. The third-order valence-corrected chi connectivity index (χ3v) is 4.60. The highest BCUT2D eigenvalue weighted by Crippen LogP contribution is 2.17. The van der Waals surface area contributed by atoms with Gasteiger partial charge in [-0.05, 0) is 38.5 Å². The minimum absolute atomic E-state index is 0.625. The number of aromatic nitrogens is 3. The molecule has 0 bridgehead atoms. The van der Waals surface area contributed by atoms with Crippen LogP contribution in [0.25, 0.3) is 0 Å². The molecule has 1 aromatic heterocycles. The Kier molecular flexibility index (Phi) is 4.95. The van der Waals surface area contributed by atoms with Gasteiger partial charge in [0.2, 0.25) is 0 Å². The van der Waals surface area contributed by atoms with Crippen molar-refractivity contribution in [3.63, 3.8) is 0 Å². The Labute approximate surface area is 133 Å². The Balaban J connectivity index is 1.71. The molecule has 1 atom stereocenters. The van der Waals surface area contributed by atoms with Gasteiger partial charge >= 0.3 is 0 Å². The van der Waals surface area contributed by atoms with E-state index in [0.717, 1.165) is 56.1 Å². The van der Waals surface area contributed by atoms with E-state index in [-0.39, 0.29) is 0 Å². The average Bonchev–Trinajstić information content (AvgIpc) is 2.95. The molecule has 1 N–H and O–H groups in total. The van der Waals surface area contributed by atoms with Gasteiger partial charge in [-0.3, -0.25) is 0 Å². The molecule has 0 spiro atoms. The topological polar surface area (TPSA) is 58.3 Å². The molecule has 3 rings (SSSR count). The van der Waals surface area contributed by atoms with Crippen molar-refractivity contribution >= 4 is 5.96 Å². The van der Waals surface area contributed by atoms with E-state index in [2.05, 4.69) is 38.8 Å². The van der Waals surface area contributed by atoms with Crippen LogP contribution in [0.1, 0.15) is 51.2 Å². The first kappa shape index (κ1) is 15.3. The molecule has 0 aromatic carbocycles. The highest BCUT2D eigenvalue weighted by Gasteiger charge is 2.20. The smallest absolute Gasteiger partial charge is 0.194 e. The van der Waals surface area contributed by atoms with Gasteiger partial charge in [0.25, 0.3) is 0 Å². The van der Waals surface area contributed by atoms with Crippen LogP contribution < -0.4 is 5.32 Å². The van der Waals surface area contributed by atoms with Crippen molar-refractivity contribution in [1.29, 1.82) is 0 Å². The molecule has 6 heteroatoms. The number of hydrogen-bond acceptors (Lipinski definition) is 3. The number of aliphatic imine (C=N–C) groups is 1. The maximum absolute atomic E-state index is 4.83. The van der Waals surface area contributed by atoms with Gasteiger partial charge in [-0.25, -0.2) is 4.99 Å². The number of piperidine rings is 1. The molecule has 2 aliphatic rings. The summed E-state index contributed by atoms with van der Waals surface area (Å²) in [5.74, 6) is 3.92. The van der Waals surface area contributed by atoms with Gasteiger partial charge in [0.05, 0.1) is 0 Å². The molecule has 6 nitrogen and oxygen atoms in total. The fourth-order valence-corrected chi connectivity index (χ4v) is 3.44. The summed E-state index contributed by atoms with van der Waals surface area (Å²) < 4.78 is 2.26. The van der Waals surface area contributed by atoms with Gasteiger partial charge in [0.1, 0.15) is 12.4 Å². The van der Waals surface area contributed by atoms with Crippen molar-refractivity contribution in [2.24, 2.45) is 10.9 Å². The quantitative estimate of drug-likeness (QED) is 0.683. The summed E-state index contributed by atoms with van der Waals surface area (Å²) in [6, 6.07) is 0. The Morgan fingerprint density at radius 2 is 2.18 bits per heavy atom. The van der Waals surface area contributed by atoms with Crippen molar-refractivity contribution in [2.45, 2.75) is 59.0 Å². The van der Waals surface area contributed by atoms with Crippen LogP contribution in [0, 0.1) is 5.92 Å². The second-order valence-electron chi connectivity index (χ2n) is 6.50. The lowest BCUT2D eigenvalue weighted by molar-refractivity contribution is 0.266. The molecule has 22 heavy (non-hydrogen) atoms. The Morgan fingerprint density at radius 1 is 1.27 bits per heavy atom. The summed E-state index contributed by atoms with van der Waals surface area (Å²) >= 11 is 0. The van der Waals surface area contributed by atoms with Gasteiger partial charge in [0, 0.05) is 32.6 Å². The largest absolute Gasteiger partial charge is 0.357 e. The van der Waals surface area contributed by atoms with Crippen LogP contribution in [0.4, 0.5) is 0 Å². The zero-order valence-corrected chi connectivity index (χ0v) is 13.9. The molecule has 1 aromatic rings. The number of nitrogens with one attached hydrogen (secondary N) is 1. The van der Waals surface area contributed by atoms with E-state index >= 15 is 0 Å². The van der Waals surface area contributed by atoms with Gasteiger partial charge in [-0.15, -0.1) is 10.2 Å². The third-order valence-electron chi connectivity index (χ3n) is 4.60. The number of rotatable bonds is 3. The van der Waals surface area contributed by atoms with E-state index in [1.165, 1.54) is 25.7 Å². The van der Waals surface area contributed by atoms with Crippen LogP contribution in [0.5, 0.6) is 0 Å². The fraction of sp³-hybridized carbons (Fsp3) is 0.812. The van der Waals surface area contributed by atoms with E-state index in [0.29, 0.717) is 6.54 Å². The summed E-state index contributed by atoms with van der Waals surface area (Å²) in [6.07, 6.45) is 6.10. The summed E-state index contributed by atoms with van der Waals surface area (Å²) in [5.41, 5.74) is 0. The monoisotopic (exact) mass is 304 g/mol. The Hall–Kier alpha value is -1.59. The lowest BCUT2D eigenvalue weighted by Gasteiger charge is -2.33. The van der Waals surface area contributed by atoms with Gasteiger partial charge in [-0.2, -0.15) is 0 Å². The molecule has 1 unspecified atom stereocenters. The Bertz CT molecular complexity index is 521. The van der Waals surface area contributed by atoms with Crippen molar-refractivity contribution in [3.8, 4) is 0 Å². The van der Waals surface area contributed by atoms with E-state index < -0.39 is 0 Å². The van der Waals surface area contributed by atoms with Crippen LogP contribution in [0.3, 0.4) is 0 Å². The van der Waals surface area contributed by atoms with Gasteiger partial charge in [0.15, 0.2) is 11.8 Å². The van der Waals surface area contributed by atoms with Crippen LogP contribution >= 0.6 is 0 Å². The molecule has 0 radical (unpaired) electrons. The van der Waals surface area contributed by atoms with E-state index in [1.807, 2.05) is 0 Å². The van der Waals surface area contributed by atoms with Crippen molar-refractivity contribution in [1.82, 2.24) is 25.0 Å². The molecular weight excluding hydrogens is 276 g/mol. The fourth-order valence-electron chi connectivity index (χ4n) is 3.44. The normalized spacial score (nSPS) is 22.5. The minimum Gasteiger partial charge on any atom is -0.357 e. The van der Waals surface area contributed by atoms with Crippen molar-refractivity contribution in [2.75, 3.05) is 19.6 Å². The zero-order valence-electron chi connectivity index (χ0n) is 13.9. The molecular formula is C16H28N6. The Morgan fingerprint density at radius 3 is 3.00 bits per heavy atom. The average molecular weight is 304 g/mol. The molecule has 3 heterocycles. The van der Waals surface area contributed by atoms with Gasteiger partial charge < -0.3 is 14.8 Å². The molecule has 1 fully saturated rings. The maximum Gasteiger partial charge on any atom is 0.194 e. The molecule has 0 saturated carbocycles. The molecule has 1 saturated heterocycles. The SMILES string of the molecule is CCNC(=NCc1nnc2n1CCCC2)N1CCCC(C)C1. The molecule has 122 valence electrons. The van der Waals surface area contributed by atoms with Crippen LogP contribution in [0.15, 0.2) is 4.99 Å². The lowest BCUT2D eigenvalue weighted by atomic mass is 10.0. The van der Waals surface area contributed by atoms with Crippen LogP contribution in [-0.2, 0) is 19.5 Å². The summed E-state index contributed by atoms with van der Waals surface area (Å²) in [5, 5.41) is 12.1. The summed E-state index contributed by atoms with van der Waals surface area (Å²) in [4.78, 5) is 7.22. The first-order valence-corrected chi connectivity index (χ1v) is 8.72. The number of nitrogens with zero attached hydrogens (tertiary/aromatic N) is 5. The third kappa shape index (κ3) is 3.42. The number of aryl methyl sites for hydroxylation is 1. The zero-order chi connectivity index (χ0) is 15.4. The van der Waals surface area contributed by atoms with E-state index in [9.17, 15) is 0 Å². The minimum atomic E-state index is 0.625. The number of likely N-dealkylation sites (tertiary alicyclic amines) is 1. The van der Waals surface area contributed by atoms with E-state index in [4.69, 9.17) is 4.99 Å². The second kappa shape index (κ2) is 7.11. The standard InChI is InChI=1S/C16H28N6/c1-3-17-16(21-9-6-7-13(2)12-21)18-11-15-20-19-14-8-4-5-10-22(14)15/h13H,3-12H2,1-2H3,(H,17,18). The van der Waals surface area contributed by atoms with Crippen molar-refractivity contribution < 1.29 is 0 Å². The van der Waals surface area contributed by atoms with Crippen LogP contribution in [-0.4, -0.2) is 45.3 Å². The predicted octanol–water partition coefficient (Wildman–Crippen LogP) is 1.81. The molecule has 2 aliphatic heterocycles. The first-order chi connectivity index (χ1) is 10.8. The summed E-state index contributed by atoms with van der Waals surface area (Å²) in [7, 11) is 0. The van der Waals surface area contributed by atoms with Crippen molar-refractivity contribution in [3.05, 3.63) is 11.6 Å². The van der Waals surface area contributed by atoms with Gasteiger partial charge in [-0.1, -0.05) is 6.92 Å². The second-order valence-corrected chi connectivity index (χ2v) is 6.50. The van der Waals surface area contributed by atoms with E-state index in [1.54, 1.807) is 0 Å². The number of hydrogen-bond donors (Lipinski definition) is 1. The molecule has 0 aliphatic carbocycles. The number of guanidine groups is 1. The highest BCUT2D eigenvalue weighted by molar-refractivity contribution is 5.80. The number of fused-ring (bicyclic) bond motifs is 1. The predicted molar refractivity (Wildman–Crippen MR) is 87.7 cm³/mol. The van der Waals surface area contributed by atoms with Crippen LogP contribution in [0.2, 0.25) is 0 Å². The molecule has 0 amide bonds. The first-order valence-electron chi connectivity index (χ1n) is 8.72. The lowest BCUT2D eigenvalue weighted by Crippen LogP contribution is -2.46. The summed E-state index contributed by atoms with van der Waals surface area (Å²) in [6.45, 7) is 9.23. The highest BCUT2D eigenvalue weighted by atomic mass is 15.3.